The quantitative estimate of drug-likeness (QED) is 0.277. The molecule has 0 fully saturated rings. The minimum Gasteiger partial charge on any atom is -0.310 e. The first kappa shape index (κ1) is 23.7. The van der Waals surface area contributed by atoms with Crippen LogP contribution in [0.1, 0.15) is 26.8 Å². The normalized spacial score (nSPS) is 11.3. The van der Waals surface area contributed by atoms with E-state index >= 15 is 0 Å². The number of fused-ring (bicyclic) bond motifs is 1. The first-order valence-corrected chi connectivity index (χ1v) is 12.9. The molecule has 2 aromatic carbocycles. The molecule has 1 amide bonds. The fourth-order valence-electron chi connectivity index (χ4n) is 4.13. The van der Waals surface area contributed by atoms with Gasteiger partial charge in [-0.1, -0.05) is 60.3 Å². The molecule has 8 nitrogen and oxygen atoms in total. The summed E-state index contributed by atoms with van der Waals surface area (Å²) in [6.07, 6.45) is 1.69. The van der Waals surface area contributed by atoms with E-state index in [1.54, 1.807) is 16.9 Å². The predicted octanol–water partition coefficient (Wildman–Crippen LogP) is 5.69. The lowest BCUT2D eigenvalue weighted by Gasteiger charge is -2.12. The van der Waals surface area contributed by atoms with Crippen LogP contribution in [-0.2, 0) is 11.3 Å². The molecule has 0 spiro atoms. The van der Waals surface area contributed by atoms with E-state index in [9.17, 15) is 4.79 Å². The Labute approximate surface area is 213 Å². The van der Waals surface area contributed by atoms with E-state index in [0.29, 0.717) is 17.5 Å². The number of nitrogens with zero attached hydrogens (tertiary/aromatic N) is 6. The van der Waals surface area contributed by atoms with Gasteiger partial charge in [-0.15, -0.1) is 10.2 Å². The fraction of sp³-hybridized carbons (Fsp3) is 0.222. The van der Waals surface area contributed by atoms with Gasteiger partial charge in [-0.3, -0.25) is 4.79 Å². The topological polar surface area (TPSA) is 90.5 Å². The van der Waals surface area contributed by atoms with Crippen molar-refractivity contribution in [3.63, 3.8) is 0 Å². The summed E-state index contributed by atoms with van der Waals surface area (Å²) in [6.45, 7) is 6.77. The lowest BCUT2D eigenvalue weighted by molar-refractivity contribution is -0.113. The Kier molecular flexibility index (Phi) is 6.81. The van der Waals surface area contributed by atoms with Crippen molar-refractivity contribution in [1.29, 1.82) is 0 Å². The number of benzene rings is 2. The van der Waals surface area contributed by atoms with E-state index in [-0.39, 0.29) is 17.7 Å². The second-order valence-electron chi connectivity index (χ2n) is 8.58. The molecule has 9 heteroatoms. The summed E-state index contributed by atoms with van der Waals surface area (Å²) in [5.41, 5.74) is 3.78. The number of pyridine rings is 1. The van der Waals surface area contributed by atoms with Crippen LogP contribution in [0.2, 0.25) is 0 Å². The highest BCUT2D eigenvalue weighted by molar-refractivity contribution is 7.99. The van der Waals surface area contributed by atoms with E-state index < -0.39 is 0 Å². The SMILES string of the molecule is CCn1c(SCC(=O)Nc2ccnn2C(C)C)nnc1-c1cc(-c2ccccc2)nc2ccccc12. The first-order chi connectivity index (χ1) is 17.5. The molecule has 0 atom stereocenters. The Morgan fingerprint density at radius 3 is 2.58 bits per heavy atom. The van der Waals surface area contributed by atoms with Gasteiger partial charge >= 0.3 is 0 Å². The molecule has 1 N–H and O–H groups in total. The highest BCUT2D eigenvalue weighted by Gasteiger charge is 2.19. The number of nitrogens with one attached hydrogen (secondary N) is 1. The predicted molar refractivity (Wildman–Crippen MR) is 144 cm³/mol. The van der Waals surface area contributed by atoms with Crippen molar-refractivity contribution < 1.29 is 4.79 Å². The maximum absolute atomic E-state index is 12.7. The van der Waals surface area contributed by atoms with Gasteiger partial charge in [0.25, 0.3) is 0 Å². The van der Waals surface area contributed by atoms with Crippen LogP contribution in [0, 0.1) is 0 Å². The maximum atomic E-state index is 12.7. The molecular formula is C27H27N7OS. The van der Waals surface area contributed by atoms with Crippen LogP contribution >= 0.6 is 11.8 Å². The number of para-hydroxylation sites is 1. The Hall–Kier alpha value is -3.98. The highest BCUT2D eigenvalue weighted by Crippen LogP contribution is 2.33. The average Bonchev–Trinajstić information content (AvgIpc) is 3.54. The summed E-state index contributed by atoms with van der Waals surface area (Å²) in [5.74, 6) is 1.54. The Morgan fingerprint density at radius 1 is 1.03 bits per heavy atom. The van der Waals surface area contributed by atoms with Gasteiger partial charge < -0.3 is 9.88 Å². The summed E-state index contributed by atoms with van der Waals surface area (Å²) in [5, 5.41) is 17.9. The van der Waals surface area contributed by atoms with Gasteiger partial charge in [0, 0.05) is 35.2 Å². The summed E-state index contributed by atoms with van der Waals surface area (Å²) in [6, 6.07) is 22.2. The van der Waals surface area contributed by atoms with Crippen molar-refractivity contribution >= 4 is 34.4 Å². The molecule has 3 aromatic heterocycles. The van der Waals surface area contributed by atoms with Crippen LogP contribution in [0.3, 0.4) is 0 Å². The van der Waals surface area contributed by atoms with Crippen LogP contribution in [0.25, 0.3) is 33.5 Å². The smallest absolute Gasteiger partial charge is 0.235 e. The first-order valence-electron chi connectivity index (χ1n) is 11.9. The van der Waals surface area contributed by atoms with Crippen molar-refractivity contribution in [1.82, 2.24) is 29.5 Å². The molecule has 0 unspecified atom stereocenters. The van der Waals surface area contributed by atoms with E-state index in [0.717, 1.165) is 33.5 Å². The van der Waals surface area contributed by atoms with Crippen molar-refractivity contribution in [2.75, 3.05) is 11.1 Å². The molecule has 3 heterocycles. The van der Waals surface area contributed by atoms with Crippen LogP contribution in [0.5, 0.6) is 0 Å². The van der Waals surface area contributed by atoms with Crippen LogP contribution in [0.4, 0.5) is 5.82 Å². The third kappa shape index (κ3) is 4.74. The second kappa shape index (κ2) is 10.3. The highest BCUT2D eigenvalue weighted by atomic mass is 32.2. The maximum Gasteiger partial charge on any atom is 0.235 e. The summed E-state index contributed by atoms with van der Waals surface area (Å²) < 4.78 is 3.83. The zero-order valence-corrected chi connectivity index (χ0v) is 21.2. The van der Waals surface area contributed by atoms with Gasteiger partial charge in [0.15, 0.2) is 11.0 Å². The lowest BCUT2D eigenvalue weighted by atomic mass is 10.0. The third-order valence-electron chi connectivity index (χ3n) is 5.82. The average molecular weight is 498 g/mol. The molecule has 182 valence electrons. The standard InChI is InChI=1S/C27H27N7OS/c1-4-33-26(31-32-27(33)36-17-25(35)30-24-14-15-28-34(24)18(2)3)21-16-23(19-10-6-5-7-11-19)29-22-13-9-8-12-20(21)22/h5-16,18H,4,17H2,1-3H3,(H,30,35). The molecule has 0 saturated heterocycles. The molecule has 5 rings (SSSR count). The van der Waals surface area contributed by atoms with Gasteiger partial charge in [-0.2, -0.15) is 5.10 Å². The molecule has 0 bridgehead atoms. The molecule has 5 aromatic rings. The molecule has 36 heavy (non-hydrogen) atoms. The van der Waals surface area contributed by atoms with Crippen LogP contribution in [-0.4, -0.2) is 41.2 Å². The molecule has 0 aliphatic carbocycles. The zero-order valence-electron chi connectivity index (χ0n) is 20.4. The number of anilines is 1. The Bertz CT molecular complexity index is 1510. The second-order valence-corrected chi connectivity index (χ2v) is 9.52. The number of carbonyl (C=O) groups is 1. The number of carbonyl (C=O) groups excluding carboxylic acids is 1. The van der Waals surface area contributed by atoms with Gasteiger partial charge in [-0.25, -0.2) is 9.67 Å². The number of rotatable bonds is 8. The summed E-state index contributed by atoms with van der Waals surface area (Å²) in [4.78, 5) is 17.6. The van der Waals surface area contributed by atoms with E-state index in [4.69, 9.17) is 4.98 Å². The van der Waals surface area contributed by atoms with Crippen LogP contribution in [0.15, 0.2) is 78.1 Å². The molecule has 0 radical (unpaired) electrons. The number of hydrogen-bond donors (Lipinski definition) is 1. The van der Waals surface area contributed by atoms with Crippen LogP contribution < -0.4 is 5.32 Å². The Balaban J connectivity index is 1.44. The van der Waals surface area contributed by atoms with Crippen molar-refractivity contribution in [2.45, 2.75) is 38.5 Å². The van der Waals surface area contributed by atoms with Gasteiger partial charge in [-0.05, 0) is 32.9 Å². The molecule has 0 aliphatic heterocycles. The zero-order chi connectivity index (χ0) is 25.1. The lowest BCUT2D eigenvalue weighted by Crippen LogP contribution is -2.18. The molecule has 0 aliphatic rings. The summed E-state index contributed by atoms with van der Waals surface area (Å²) in [7, 11) is 0. The van der Waals surface area contributed by atoms with Crippen molar-refractivity contribution in [2.24, 2.45) is 0 Å². The van der Waals surface area contributed by atoms with Gasteiger partial charge in [0.1, 0.15) is 5.82 Å². The van der Waals surface area contributed by atoms with E-state index in [1.807, 2.05) is 54.8 Å². The Morgan fingerprint density at radius 2 is 1.81 bits per heavy atom. The van der Waals surface area contributed by atoms with Gasteiger partial charge in [0.05, 0.1) is 23.2 Å². The fourth-order valence-corrected chi connectivity index (χ4v) is 4.93. The van der Waals surface area contributed by atoms with Crippen molar-refractivity contribution in [3.8, 4) is 22.6 Å². The molecule has 0 saturated carbocycles. The summed E-state index contributed by atoms with van der Waals surface area (Å²) >= 11 is 1.37. The minimum atomic E-state index is -0.115. The minimum absolute atomic E-state index is 0.115. The number of aromatic nitrogens is 6. The van der Waals surface area contributed by atoms with Crippen molar-refractivity contribution in [3.05, 3.63) is 72.9 Å². The molecular weight excluding hydrogens is 470 g/mol. The number of hydrogen-bond acceptors (Lipinski definition) is 6. The van der Waals surface area contributed by atoms with E-state index in [2.05, 4.69) is 51.8 Å². The monoisotopic (exact) mass is 497 g/mol. The van der Waals surface area contributed by atoms with Gasteiger partial charge in [0.2, 0.25) is 5.91 Å². The largest absolute Gasteiger partial charge is 0.310 e. The number of amides is 1. The third-order valence-corrected chi connectivity index (χ3v) is 6.79. The number of thioether (sulfide) groups is 1. The van der Waals surface area contributed by atoms with E-state index in [1.165, 1.54) is 11.8 Å².